The second-order valence-electron chi connectivity index (χ2n) is 9.59. The summed E-state index contributed by atoms with van der Waals surface area (Å²) in [5, 5.41) is 0. The minimum absolute atomic E-state index is 0.149. The molecule has 0 bridgehead atoms. The van der Waals surface area contributed by atoms with Gasteiger partial charge in [0.25, 0.3) is 0 Å². The van der Waals surface area contributed by atoms with Gasteiger partial charge in [0, 0.05) is 30.1 Å². The first-order chi connectivity index (χ1) is 14.6. The molecule has 0 aromatic heterocycles. The molecule has 2 heterocycles. The summed E-state index contributed by atoms with van der Waals surface area (Å²) in [5.41, 5.74) is 3.22. The van der Waals surface area contributed by atoms with Crippen LogP contribution in [-0.2, 0) is 21.2 Å². The summed E-state index contributed by atoms with van der Waals surface area (Å²) in [6, 6.07) is 10.6. The minimum atomic E-state index is -3.74. The third-order valence-corrected chi connectivity index (χ3v) is 7.84. The maximum atomic E-state index is 13.3. The van der Waals surface area contributed by atoms with E-state index >= 15 is 0 Å². The number of carbonyl (C=O) groups excluding carboxylic acids is 1. The van der Waals surface area contributed by atoms with Gasteiger partial charge in [-0.25, -0.2) is 13.1 Å². The molecule has 5 rings (SSSR count). The van der Waals surface area contributed by atoms with Crippen molar-refractivity contribution in [1.82, 2.24) is 4.72 Å². The molecule has 1 atom stereocenters. The molecule has 1 saturated carbocycles. The fraction of sp³-hybridized carbons (Fsp3) is 0.458. The van der Waals surface area contributed by atoms with Gasteiger partial charge in [0.1, 0.15) is 11.4 Å². The molecule has 2 aliphatic heterocycles. The lowest BCUT2D eigenvalue weighted by molar-refractivity contribution is -0.119. The number of carbonyl (C=O) groups is 1. The lowest BCUT2D eigenvalue weighted by atomic mass is 9.89. The third kappa shape index (κ3) is 3.85. The maximum absolute atomic E-state index is 13.3. The van der Waals surface area contributed by atoms with Gasteiger partial charge in [-0.15, -0.1) is 0 Å². The monoisotopic (exact) mass is 440 g/mol. The Balaban J connectivity index is 1.43. The number of amides is 1. The number of nitrogens with one attached hydrogen (secondary N) is 1. The van der Waals surface area contributed by atoms with E-state index in [9.17, 15) is 13.2 Å². The number of hydrogen-bond acceptors (Lipinski definition) is 4. The first kappa shape index (κ1) is 20.5. The molecule has 3 aliphatic rings. The predicted molar refractivity (Wildman–Crippen MR) is 119 cm³/mol. The van der Waals surface area contributed by atoms with E-state index in [-0.39, 0.29) is 22.8 Å². The Labute approximate surface area is 183 Å². The number of sulfonamides is 1. The maximum Gasteiger partial charge on any atom is 0.241 e. The molecule has 2 aromatic carbocycles. The minimum Gasteiger partial charge on any atom is -0.487 e. The molecule has 1 N–H and O–H groups in total. The van der Waals surface area contributed by atoms with Crippen LogP contribution in [0.5, 0.6) is 5.75 Å². The van der Waals surface area contributed by atoms with Crippen molar-refractivity contribution < 1.29 is 17.9 Å². The highest BCUT2D eigenvalue weighted by Crippen LogP contribution is 2.41. The van der Waals surface area contributed by atoms with Crippen molar-refractivity contribution in [3.8, 4) is 5.75 Å². The van der Waals surface area contributed by atoms with Crippen LogP contribution < -0.4 is 14.4 Å². The smallest absolute Gasteiger partial charge is 0.241 e. The number of fused-ring (bicyclic) bond motifs is 2. The Hall–Kier alpha value is -2.38. The standard InChI is InChI=1S/C24H28N2O4S/c1-15-4-9-22-19(12-15)20(14-24(2,3)30-22)25-31(28,29)18-7-8-21-17(13-18)10-11-26(21)23(27)16-5-6-16/h4,7-9,12-13,16,20,25H,5-6,10-11,14H2,1-3H3/t20-/m0/s1. The van der Waals surface area contributed by atoms with Crippen molar-refractivity contribution in [2.24, 2.45) is 5.92 Å². The van der Waals surface area contributed by atoms with Crippen molar-refractivity contribution in [3.63, 3.8) is 0 Å². The quantitative estimate of drug-likeness (QED) is 0.783. The van der Waals surface area contributed by atoms with Gasteiger partial charge >= 0.3 is 0 Å². The van der Waals surface area contributed by atoms with Crippen LogP contribution in [0.2, 0.25) is 0 Å². The van der Waals surface area contributed by atoms with E-state index in [1.54, 1.807) is 18.2 Å². The molecule has 0 radical (unpaired) electrons. The van der Waals surface area contributed by atoms with Crippen molar-refractivity contribution in [2.75, 3.05) is 11.4 Å². The van der Waals surface area contributed by atoms with E-state index in [0.717, 1.165) is 41.0 Å². The Bertz CT molecular complexity index is 1170. The number of ether oxygens (including phenoxy) is 1. The van der Waals surface area contributed by atoms with Crippen LogP contribution in [0.1, 0.15) is 55.8 Å². The Morgan fingerprint density at radius 3 is 2.68 bits per heavy atom. The summed E-state index contributed by atoms with van der Waals surface area (Å²) in [5.74, 6) is 1.04. The highest BCUT2D eigenvalue weighted by Gasteiger charge is 2.38. The van der Waals surface area contributed by atoms with E-state index in [2.05, 4.69) is 4.72 Å². The molecule has 31 heavy (non-hydrogen) atoms. The summed E-state index contributed by atoms with van der Waals surface area (Å²) in [6.45, 7) is 6.55. The fourth-order valence-corrected chi connectivity index (χ4v) is 5.92. The van der Waals surface area contributed by atoms with Crippen LogP contribution >= 0.6 is 0 Å². The van der Waals surface area contributed by atoms with Crippen LogP contribution in [0.4, 0.5) is 5.69 Å². The third-order valence-electron chi connectivity index (χ3n) is 6.37. The number of rotatable bonds is 4. The van der Waals surface area contributed by atoms with Crippen molar-refractivity contribution in [3.05, 3.63) is 53.1 Å². The average Bonchev–Trinajstić information content (AvgIpc) is 3.46. The summed E-state index contributed by atoms with van der Waals surface area (Å²) in [7, 11) is -3.74. The van der Waals surface area contributed by atoms with Gasteiger partial charge in [0.15, 0.2) is 0 Å². The van der Waals surface area contributed by atoms with Crippen LogP contribution in [0, 0.1) is 12.8 Å². The summed E-state index contributed by atoms with van der Waals surface area (Å²) in [4.78, 5) is 14.6. The highest BCUT2D eigenvalue weighted by molar-refractivity contribution is 7.89. The number of hydrogen-bond donors (Lipinski definition) is 1. The van der Waals surface area contributed by atoms with Gasteiger partial charge in [-0.1, -0.05) is 17.7 Å². The van der Waals surface area contributed by atoms with Gasteiger partial charge in [0.2, 0.25) is 15.9 Å². The SMILES string of the molecule is Cc1ccc2c(c1)[C@@H](NS(=O)(=O)c1ccc3c(c1)CCN3C(=O)C1CC1)CC(C)(C)O2. The Kier molecular flexibility index (Phi) is 4.68. The Morgan fingerprint density at radius 2 is 1.94 bits per heavy atom. The highest BCUT2D eigenvalue weighted by atomic mass is 32.2. The predicted octanol–water partition coefficient (Wildman–Crippen LogP) is 3.87. The zero-order valence-corrected chi connectivity index (χ0v) is 19.0. The van der Waals surface area contributed by atoms with E-state index < -0.39 is 15.6 Å². The summed E-state index contributed by atoms with van der Waals surface area (Å²) in [6.07, 6.45) is 3.15. The van der Waals surface area contributed by atoms with E-state index in [1.165, 1.54) is 0 Å². The van der Waals surface area contributed by atoms with Crippen LogP contribution in [0.25, 0.3) is 0 Å². The Morgan fingerprint density at radius 1 is 1.16 bits per heavy atom. The molecular formula is C24H28N2O4S. The normalized spacial score (nSPS) is 21.9. The lowest BCUT2D eigenvalue weighted by Crippen LogP contribution is -2.41. The number of nitrogens with zero attached hydrogens (tertiary/aromatic N) is 1. The van der Waals surface area contributed by atoms with Crippen LogP contribution in [-0.4, -0.2) is 26.5 Å². The first-order valence-electron chi connectivity index (χ1n) is 10.9. The fourth-order valence-electron chi connectivity index (χ4n) is 4.66. The number of anilines is 1. The molecule has 0 unspecified atom stereocenters. The van der Waals surface area contributed by atoms with Crippen LogP contribution in [0.15, 0.2) is 41.3 Å². The molecule has 1 amide bonds. The molecule has 0 spiro atoms. The largest absolute Gasteiger partial charge is 0.487 e. The molecule has 0 saturated heterocycles. The lowest BCUT2D eigenvalue weighted by Gasteiger charge is -2.38. The molecule has 164 valence electrons. The van der Waals surface area contributed by atoms with Gasteiger partial charge in [-0.2, -0.15) is 0 Å². The first-order valence-corrected chi connectivity index (χ1v) is 12.4. The van der Waals surface area contributed by atoms with Gasteiger partial charge in [0.05, 0.1) is 10.9 Å². The van der Waals surface area contributed by atoms with E-state index in [4.69, 9.17) is 4.74 Å². The van der Waals surface area contributed by atoms with Gasteiger partial charge < -0.3 is 9.64 Å². The number of benzene rings is 2. The van der Waals surface area contributed by atoms with Gasteiger partial charge in [-0.05, 0) is 69.9 Å². The molecule has 7 heteroatoms. The summed E-state index contributed by atoms with van der Waals surface area (Å²) >= 11 is 0. The zero-order valence-electron chi connectivity index (χ0n) is 18.1. The zero-order chi connectivity index (χ0) is 22.0. The second-order valence-corrected chi connectivity index (χ2v) is 11.3. The average molecular weight is 441 g/mol. The number of aryl methyl sites for hydroxylation is 1. The van der Waals surface area contributed by atoms with E-state index in [0.29, 0.717) is 19.4 Å². The van der Waals surface area contributed by atoms with Gasteiger partial charge in [-0.3, -0.25) is 4.79 Å². The molecule has 1 fully saturated rings. The molecule has 1 aliphatic carbocycles. The van der Waals surface area contributed by atoms with E-state index in [1.807, 2.05) is 43.9 Å². The molecule has 2 aromatic rings. The molecular weight excluding hydrogens is 412 g/mol. The van der Waals surface area contributed by atoms with Crippen molar-refractivity contribution in [1.29, 1.82) is 0 Å². The van der Waals surface area contributed by atoms with Crippen molar-refractivity contribution in [2.45, 2.75) is 63.0 Å². The van der Waals surface area contributed by atoms with Crippen molar-refractivity contribution >= 4 is 21.6 Å². The topological polar surface area (TPSA) is 75.7 Å². The molecule has 6 nitrogen and oxygen atoms in total. The van der Waals surface area contributed by atoms with Crippen LogP contribution in [0.3, 0.4) is 0 Å². The summed E-state index contributed by atoms with van der Waals surface area (Å²) < 4.78 is 35.6. The second kappa shape index (κ2) is 7.07.